The zero-order valence-corrected chi connectivity index (χ0v) is 26.0. The molecule has 0 aromatic heterocycles. The molecule has 3 nitrogen and oxygen atoms in total. The molecule has 3 atom stereocenters. The molecule has 0 aromatic rings. The highest BCUT2D eigenvalue weighted by Gasteiger charge is 2.48. The molecular formula is C31H62O3Si. The first-order valence-corrected chi connectivity index (χ1v) is 17.7. The summed E-state index contributed by atoms with van der Waals surface area (Å²) >= 11 is 0. The SMILES string of the molecule is CCCCCCCCCCC[C@@H](C[C@@H]1OC(=O)[C@H]1CCCCCC)O[Si](C(C)C)(C(C)C)C(C)C. The largest absolute Gasteiger partial charge is 0.461 e. The van der Waals surface area contributed by atoms with Gasteiger partial charge in [-0.25, -0.2) is 0 Å². The van der Waals surface area contributed by atoms with Crippen LogP contribution in [0.3, 0.4) is 0 Å². The van der Waals surface area contributed by atoms with Gasteiger partial charge in [0.15, 0.2) is 0 Å². The van der Waals surface area contributed by atoms with Gasteiger partial charge in [0.2, 0.25) is 8.32 Å². The van der Waals surface area contributed by atoms with E-state index in [4.69, 9.17) is 9.16 Å². The van der Waals surface area contributed by atoms with E-state index >= 15 is 0 Å². The van der Waals surface area contributed by atoms with Gasteiger partial charge in [0, 0.05) is 12.5 Å². The molecule has 0 saturated carbocycles. The Kier molecular flexibility index (Phi) is 16.8. The Labute approximate surface area is 221 Å². The van der Waals surface area contributed by atoms with Crippen LogP contribution in [-0.2, 0) is 14.0 Å². The highest BCUT2D eigenvalue weighted by Crippen LogP contribution is 2.44. The van der Waals surface area contributed by atoms with Crippen molar-refractivity contribution in [2.24, 2.45) is 5.92 Å². The second kappa shape index (κ2) is 18.0. The van der Waals surface area contributed by atoms with Gasteiger partial charge in [0.1, 0.15) is 6.10 Å². The van der Waals surface area contributed by atoms with Gasteiger partial charge >= 0.3 is 5.97 Å². The summed E-state index contributed by atoms with van der Waals surface area (Å²) in [4.78, 5) is 12.3. The van der Waals surface area contributed by atoms with Crippen molar-refractivity contribution in [2.45, 2.75) is 187 Å². The number of hydrogen-bond acceptors (Lipinski definition) is 3. The Balaban J connectivity index is 2.72. The average molecular weight is 511 g/mol. The van der Waals surface area contributed by atoms with Crippen molar-refractivity contribution < 1.29 is 14.0 Å². The molecule has 0 amide bonds. The van der Waals surface area contributed by atoms with Crippen LogP contribution in [0.1, 0.15) is 158 Å². The van der Waals surface area contributed by atoms with E-state index in [-0.39, 0.29) is 24.1 Å². The van der Waals surface area contributed by atoms with E-state index in [1.54, 1.807) is 0 Å². The fourth-order valence-electron chi connectivity index (χ4n) is 6.57. The fraction of sp³-hybridized carbons (Fsp3) is 0.968. The van der Waals surface area contributed by atoms with Crippen LogP contribution in [0.2, 0.25) is 16.6 Å². The molecule has 0 aliphatic carbocycles. The van der Waals surface area contributed by atoms with E-state index in [0.717, 1.165) is 25.7 Å². The summed E-state index contributed by atoms with van der Waals surface area (Å²) in [5, 5.41) is 0. The van der Waals surface area contributed by atoms with Gasteiger partial charge in [-0.1, -0.05) is 139 Å². The van der Waals surface area contributed by atoms with Crippen molar-refractivity contribution in [3.05, 3.63) is 0 Å². The number of ether oxygens (including phenoxy) is 1. The molecule has 35 heavy (non-hydrogen) atoms. The number of esters is 1. The summed E-state index contributed by atoms with van der Waals surface area (Å²) in [5.41, 5.74) is 1.76. The third-order valence-corrected chi connectivity index (χ3v) is 14.7. The Morgan fingerprint density at radius 3 is 1.63 bits per heavy atom. The van der Waals surface area contributed by atoms with Gasteiger partial charge in [-0.15, -0.1) is 0 Å². The van der Waals surface area contributed by atoms with Crippen LogP contribution >= 0.6 is 0 Å². The number of carbonyl (C=O) groups excluding carboxylic acids is 1. The third-order valence-electron chi connectivity index (χ3n) is 8.59. The predicted molar refractivity (Wildman–Crippen MR) is 155 cm³/mol. The van der Waals surface area contributed by atoms with Gasteiger partial charge in [-0.2, -0.15) is 0 Å². The van der Waals surface area contributed by atoms with Crippen molar-refractivity contribution in [3.63, 3.8) is 0 Å². The van der Waals surface area contributed by atoms with E-state index < -0.39 is 8.32 Å². The first-order valence-electron chi connectivity index (χ1n) is 15.6. The van der Waals surface area contributed by atoms with Gasteiger partial charge in [-0.05, 0) is 29.5 Å². The lowest BCUT2D eigenvalue weighted by Crippen LogP contribution is -2.52. The van der Waals surface area contributed by atoms with E-state index in [2.05, 4.69) is 55.4 Å². The minimum atomic E-state index is -1.96. The number of carbonyl (C=O) groups is 1. The van der Waals surface area contributed by atoms with Crippen LogP contribution in [0.4, 0.5) is 0 Å². The first kappa shape index (κ1) is 32.7. The van der Waals surface area contributed by atoms with Gasteiger partial charge in [-0.3, -0.25) is 4.79 Å². The quantitative estimate of drug-likeness (QED) is 0.0825. The zero-order chi connectivity index (χ0) is 26.3. The highest BCUT2D eigenvalue weighted by molar-refractivity contribution is 6.77. The normalized spacial score (nSPS) is 19.5. The molecule has 0 radical (unpaired) electrons. The number of rotatable bonds is 22. The van der Waals surface area contributed by atoms with Crippen molar-refractivity contribution in [1.82, 2.24) is 0 Å². The zero-order valence-electron chi connectivity index (χ0n) is 25.0. The Morgan fingerprint density at radius 1 is 0.714 bits per heavy atom. The third kappa shape index (κ3) is 10.9. The molecule has 1 aliphatic heterocycles. The molecule has 1 heterocycles. The summed E-state index contributed by atoms with van der Waals surface area (Å²) in [7, 11) is -1.96. The maximum absolute atomic E-state index is 12.3. The van der Waals surface area contributed by atoms with E-state index in [1.165, 1.54) is 77.0 Å². The molecule has 1 fully saturated rings. The van der Waals surface area contributed by atoms with Crippen LogP contribution in [0.15, 0.2) is 0 Å². The molecule has 208 valence electrons. The predicted octanol–water partition coefficient (Wildman–Crippen LogP) is 10.4. The van der Waals surface area contributed by atoms with Crippen LogP contribution in [0.5, 0.6) is 0 Å². The van der Waals surface area contributed by atoms with Crippen molar-refractivity contribution in [2.75, 3.05) is 0 Å². The fourth-order valence-corrected chi connectivity index (χ4v) is 12.2. The number of hydrogen-bond donors (Lipinski definition) is 0. The summed E-state index contributed by atoms with van der Waals surface area (Å²) in [5.74, 6) is 0.141. The first-order chi connectivity index (χ1) is 16.7. The maximum Gasteiger partial charge on any atom is 0.313 e. The van der Waals surface area contributed by atoms with Crippen LogP contribution < -0.4 is 0 Å². The summed E-state index contributed by atoms with van der Waals surface area (Å²) < 4.78 is 13.0. The molecule has 1 rings (SSSR count). The second-order valence-electron chi connectivity index (χ2n) is 12.3. The van der Waals surface area contributed by atoms with E-state index in [9.17, 15) is 4.79 Å². The average Bonchev–Trinajstić information content (AvgIpc) is 2.79. The Morgan fingerprint density at radius 2 is 1.17 bits per heavy atom. The molecule has 1 saturated heterocycles. The molecule has 4 heteroatoms. The molecule has 0 spiro atoms. The van der Waals surface area contributed by atoms with Crippen LogP contribution in [0.25, 0.3) is 0 Å². The second-order valence-corrected chi connectivity index (χ2v) is 17.7. The molecule has 0 N–H and O–H groups in total. The van der Waals surface area contributed by atoms with Gasteiger partial charge in [0.05, 0.1) is 5.92 Å². The minimum absolute atomic E-state index is 0.0356. The lowest BCUT2D eigenvalue weighted by molar-refractivity contribution is -0.188. The molecule has 1 aliphatic rings. The van der Waals surface area contributed by atoms with Crippen molar-refractivity contribution >= 4 is 14.3 Å². The van der Waals surface area contributed by atoms with Crippen LogP contribution in [0, 0.1) is 5.92 Å². The lowest BCUT2D eigenvalue weighted by atomic mass is 9.86. The summed E-state index contributed by atoms with van der Waals surface area (Å²) in [6.07, 6.45) is 20.4. The number of cyclic esters (lactones) is 1. The standard InChI is InChI=1S/C31H62O3Si/c1-9-11-13-15-16-17-18-19-20-22-28(34-35(25(3)4,26(5)6)27(7)8)24-30-29(31(32)33-30)23-21-14-12-10-2/h25-30H,9-24H2,1-8H3/t28-,29-,30-/m0/s1. The molecule has 0 bridgehead atoms. The Bertz CT molecular complexity index is 524. The summed E-state index contributed by atoms with van der Waals surface area (Å²) in [6, 6.07) is 0. The minimum Gasteiger partial charge on any atom is -0.461 e. The van der Waals surface area contributed by atoms with Gasteiger partial charge < -0.3 is 9.16 Å². The van der Waals surface area contributed by atoms with Crippen LogP contribution in [-0.4, -0.2) is 26.5 Å². The number of unbranched alkanes of at least 4 members (excludes halogenated alkanes) is 11. The van der Waals surface area contributed by atoms with E-state index in [1.807, 2.05) is 0 Å². The van der Waals surface area contributed by atoms with Gasteiger partial charge in [0.25, 0.3) is 0 Å². The monoisotopic (exact) mass is 510 g/mol. The Hall–Kier alpha value is -0.353. The summed E-state index contributed by atoms with van der Waals surface area (Å²) in [6.45, 7) is 18.8. The highest BCUT2D eigenvalue weighted by atomic mass is 28.4. The lowest BCUT2D eigenvalue weighted by Gasteiger charge is -2.46. The molecular weight excluding hydrogens is 448 g/mol. The molecule has 0 unspecified atom stereocenters. The topological polar surface area (TPSA) is 35.5 Å². The molecule has 0 aromatic carbocycles. The van der Waals surface area contributed by atoms with Crippen molar-refractivity contribution in [1.29, 1.82) is 0 Å². The van der Waals surface area contributed by atoms with Crippen molar-refractivity contribution in [3.8, 4) is 0 Å². The van der Waals surface area contributed by atoms with E-state index in [0.29, 0.717) is 16.6 Å². The smallest absolute Gasteiger partial charge is 0.313 e. The maximum atomic E-state index is 12.3.